The van der Waals surface area contributed by atoms with Gasteiger partial charge in [0.15, 0.2) is 12.4 Å². The number of para-hydroxylation sites is 1. The summed E-state index contributed by atoms with van der Waals surface area (Å²) in [6, 6.07) is 28.5. The Balaban J connectivity index is 1.30. The lowest BCUT2D eigenvalue weighted by Crippen LogP contribution is -2.16. The normalized spacial score (nSPS) is 10.9. The fraction of sp³-hybridized carbons (Fsp3) is 0.161. The van der Waals surface area contributed by atoms with E-state index in [9.17, 15) is 9.59 Å². The van der Waals surface area contributed by atoms with Crippen LogP contribution in [0.5, 0.6) is 0 Å². The molecule has 0 saturated heterocycles. The maximum Gasteiger partial charge on any atom is 0.378 e. The second kappa shape index (κ2) is 11.5. The lowest BCUT2D eigenvalue weighted by atomic mass is 10.1. The molecule has 0 radical (unpaired) electrons. The Morgan fingerprint density at radius 2 is 1.56 bits per heavy atom. The maximum atomic E-state index is 13.0. The Kier molecular flexibility index (Phi) is 7.70. The topological polar surface area (TPSA) is 79.0 Å². The number of rotatable bonds is 9. The van der Waals surface area contributed by atoms with Crippen LogP contribution in [0.1, 0.15) is 37.9 Å². The molecule has 5 rings (SSSR count). The average molecular weight is 539 g/mol. The summed E-state index contributed by atoms with van der Waals surface area (Å²) in [5.41, 5.74) is 5.04. The molecule has 0 aliphatic rings. The minimum absolute atomic E-state index is 0.112. The van der Waals surface area contributed by atoms with Crippen LogP contribution in [0.4, 0.5) is 0 Å². The summed E-state index contributed by atoms with van der Waals surface area (Å²) in [4.78, 5) is 30.4. The second-order valence-electron chi connectivity index (χ2n) is 9.18. The molecule has 2 heterocycles. The molecule has 0 saturated carbocycles. The minimum atomic E-state index is -0.758. The number of Topliss-reactive ketones (excluding diaryl/α,β-unsaturated/α-hetero) is 1. The van der Waals surface area contributed by atoms with Crippen LogP contribution in [0.2, 0.25) is 5.02 Å². The summed E-state index contributed by atoms with van der Waals surface area (Å²) >= 11 is 5.99. The quantitative estimate of drug-likeness (QED) is 0.163. The zero-order valence-electron chi connectivity index (χ0n) is 21.7. The van der Waals surface area contributed by atoms with E-state index in [0.29, 0.717) is 16.4 Å². The van der Waals surface area contributed by atoms with E-state index in [0.717, 1.165) is 41.2 Å². The highest BCUT2D eigenvalue weighted by atomic mass is 35.5. The van der Waals surface area contributed by atoms with Gasteiger partial charge in [-0.05, 0) is 56.2 Å². The van der Waals surface area contributed by atoms with Crippen LogP contribution in [0, 0.1) is 13.8 Å². The SMILES string of the molecule is Cc1cc(C(=O)COC(=O)c2nc(-c3ccccc3)n(-c3ccccc3)n2)c(C)n1CCc1ccc(Cl)cc1. The van der Waals surface area contributed by atoms with Crippen LogP contribution < -0.4 is 0 Å². The Bertz CT molecular complexity index is 1550. The number of aryl methyl sites for hydroxylation is 2. The van der Waals surface area contributed by atoms with Gasteiger partial charge in [0.05, 0.1) is 5.69 Å². The summed E-state index contributed by atoms with van der Waals surface area (Å²) in [5, 5.41) is 5.11. The summed E-state index contributed by atoms with van der Waals surface area (Å²) in [7, 11) is 0. The molecule has 196 valence electrons. The number of hydrogen-bond donors (Lipinski definition) is 0. The predicted octanol–water partition coefficient (Wildman–Crippen LogP) is 6.29. The van der Waals surface area contributed by atoms with Crippen molar-refractivity contribution in [3.63, 3.8) is 0 Å². The van der Waals surface area contributed by atoms with Gasteiger partial charge < -0.3 is 9.30 Å². The number of aromatic nitrogens is 4. The Morgan fingerprint density at radius 1 is 0.897 bits per heavy atom. The van der Waals surface area contributed by atoms with Crippen molar-refractivity contribution in [1.29, 1.82) is 0 Å². The van der Waals surface area contributed by atoms with Gasteiger partial charge in [-0.25, -0.2) is 14.5 Å². The van der Waals surface area contributed by atoms with Crippen molar-refractivity contribution < 1.29 is 14.3 Å². The zero-order valence-corrected chi connectivity index (χ0v) is 22.4. The Hall–Kier alpha value is -4.49. The number of halogens is 1. The summed E-state index contributed by atoms with van der Waals surface area (Å²) in [6.45, 7) is 4.18. The van der Waals surface area contributed by atoms with Crippen molar-refractivity contribution in [3.8, 4) is 17.1 Å². The molecule has 0 spiro atoms. The van der Waals surface area contributed by atoms with Crippen molar-refractivity contribution in [2.24, 2.45) is 0 Å². The molecule has 0 amide bonds. The lowest BCUT2D eigenvalue weighted by molar-refractivity contribution is 0.0462. The molecule has 0 unspecified atom stereocenters. The first-order valence-electron chi connectivity index (χ1n) is 12.6. The van der Waals surface area contributed by atoms with Gasteiger partial charge in [0.1, 0.15) is 0 Å². The Morgan fingerprint density at radius 3 is 2.26 bits per heavy atom. The number of ether oxygens (including phenoxy) is 1. The first kappa shape index (κ1) is 26.1. The van der Waals surface area contributed by atoms with Gasteiger partial charge in [-0.1, -0.05) is 72.3 Å². The number of carbonyl (C=O) groups excluding carboxylic acids is 2. The van der Waals surface area contributed by atoms with E-state index >= 15 is 0 Å². The van der Waals surface area contributed by atoms with Gasteiger partial charge in [-0.3, -0.25) is 4.79 Å². The first-order valence-corrected chi connectivity index (χ1v) is 13.0. The molecular weight excluding hydrogens is 512 g/mol. The molecule has 0 aliphatic heterocycles. The monoisotopic (exact) mass is 538 g/mol. The van der Waals surface area contributed by atoms with E-state index in [1.165, 1.54) is 0 Å². The summed E-state index contributed by atoms with van der Waals surface area (Å²) < 4.78 is 9.08. The van der Waals surface area contributed by atoms with Crippen molar-refractivity contribution in [2.45, 2.75) is 26.8 Å². The highest BCUT2D eigenvalue weighted by Gasteiger charge is 2.22. The van der Waals surface area contributed by atoms with Gasteiger partial charge in [-0.2, -0.15) is 0 Å². The van der Waals surface area contributed by atoms with Crippen molar-refractivity contribution >= 4 is 23.4 Å². The summed E-state index contributed by atoms with van der Waals surface area (Å²) in [6.07, 6.45) is 0.801. The maximum absolute atomic E-state index is 13.0. The number of nitrogens with zero attached hydrogens (tertiary/aromatic N) is 4. The van der Waals surface area contributed by atoms with Crippen molar-refractivity contribution in [3.05, 3.63) is 124 Å². The number of benzene rings is 3. The fourth-order valence-corrected chi connectivity index (χ4v) is 4.64. The van der Waals surface area contributed by atoms with E-state index in [2.05, 4.69) is 14.6 Å². The largest absolute Gasteiger partial charge is 0.451 e. The lowest BCUT2D eigenvalue weighted by Gasteiger charge is -2.10. The van der Waals surface area contributed by atoms with Crippen molar-refractivity contribution in [2.75, 3.05) is 6.61 Å². The van der Waals surface area contributed by atoms with Crippen LogP contribution in [0.3, 0.4) is 0 Å². The Labute approximate surface area is 231 Å². The minimum Gasteiger partial charge on any atom is -0.451 e. The molecular formula is C31H27ClN4O3. The van der Waals surface area contributed by atoms with Gasteiger partial charge >= 0.3 is 5.97 Å². The molecule has 0 N–H and O–H groups in total. The third-order valence-electron chi connectivity index (χ3n) is 6.57. The van der Waals surface area contributed by atoms with Crippen LogP contribution >= 0.6 is 11.6 Å². The third kappa shape index (κ3) is 5.84. The number of esters is 1. The standard InChI is InChI=1S/C31H27ClN4O3/c1-21-19-27(22(2)35(21)18-17-23-13-15-25(32)16-14-23)28(37)20-39-31(38)29-33-30(24-9-5-3-6-10-24)36(34-29)26-11-7-4-8-12-26/h3-16,19H,17-18,20H2,1-2H3. The first-order chi connectivity index (χ1) is 18.9. The average Bonchev–Trinajstić information content (AvgIpc) is 3.53. The second-order valence-corrected chi connectivity index (χ2v) is 9.62. The summed E-state index contributed by atoms with van der Waals surface area (Å²) in [5.74, 6) is -0.644. The fourth-order valence-electron chi connectivity index (χ4n) is 4.51. The van der Waals surface area contributed by atoms with Crippen LogP contribution in [0.25, 0.3) is 17.1 Å². The highest BCUT2D eigenvalue weighted by molar-refractivity contribution is 6.30. The number of hydrogen-bond acceptors (Lipinski definition) is 5. The molecule has 2 aromatic heterocycles. The third-order valence-corrected chi connectivity index (χ3v) is 6.82. The number of ketones is 1. The van der Waals surface area contributed by atoms with E-state index in [1.807, 2.05) is 105 Å². The zero-order chi connectivity index (χ0) is 27.4. The van der Waals surface area contributed by atoms with Crippen LogP contribution in [-0.4, -0.2) is 37.7 Å². The molecule has 0 bridgehead atoms. The predicted molar refractivity (Wildman–Crippen MR) is 150 cm³/mol. The molecule has 0 fully saturated rings. The van der Waals surface area contributed by atoms with E-state index in [4.69, 9.17) is 16.3 Å². The van der Waals surface area contributed by atoms with E-state index in [-0.39, 0.29) is 11.6 Å². The van der Waals surface area contributed by atoms with E-state index in [1.54, 1.807) is 4.68 Å². The molecule has 0 aliphatic carbocycles. The van der Waals surface area contributed by atoms with Gasteiger partial charge in [0, 0.05) is 34.1 Å². The molecule has 5 aromatic rings. The van der Waals surface area contributed by atoms with Gasteiger partial charge in [0.2, 0.25) is 5.78 Å². The molecule has 7 nitrogen and oxygen atoms in total. The van der Waals surface area contributed by atoms with Crippen LogP contribution in [-0.2, 0) is 17.7 Å². The molecule has 8 heteroatoms. The van der Waals surface area contributed by atoms with E-state index < -0.39 is 12.6 Å². The molecule has 39 heavy (non-hydrogen) atoms. The smallest absolute Gasteiger partial charge is 0.378 e. The highest BCUT2D eigenvalue weighted by Crippen LogP contribution is 2.22. The molecule has 0 atom stereocenters. The van der Waals surface area contributed by atoms with Crippen molar-refractivity contribution in [1.82, 2.24) is 19.3 Å². The van der Waals surface area contributed by atoms with Gasteiger partial charge in [0.25, 0.3) is 5.82 Å². The molecule has 3 aromatic carbocycles. The number of carbonyl (C=O) groups is 2. The van der Waals surface area contributed by atoms with Gasteiger partial charge in [-0.15, -0.1) is 5.10 Å². The van der Waals surface area contributed by atoms with Crippen LogP contribution in [0.15, 0.2) is 91.0 Å².